The Kier molecular flexibility index (Phi) is 5.36. The molecule has 0 saturated carbocycles. The molecule has 0 fully saturated rings. The van der Waals surface area contributed by atoms with Crippen LogP contribution in [0.1, 0.15) is 11.1 Å². The minimum atomic E-state index is 0.0996. The number of phenolic OH excluding ortho intramolecular Hbond substituents is 1. The minimum absolute atomic E-state index is 0.0996. The van der Waals surface area contributed by atoms with Crippen LogP contribution in [0, 0.1) is 6.92 Å². The van der Waals surface area contributed by atoms with Gasteiger partial charge in [0, 0.05) is 10.6 Å². The van der Waals surface area contributed by atoms with Gasteiger partial charge in [0.15, 0.2) is 0 Å². The van der Waals surface area contributed by atoms with Crippen molar-refractivity contribution in [3.05, 3.63) is 77.9 Å². The lowest BCUT2D eigenvalue weighted by atomic mass is 10.2. The molecule has 3 aromatic carbocycles. The first kappa shape index (κ1) is 17.0. The van der Waals surface area contributed by atoms with Gasteiger partial charge in [-0.15, -0.1) is 22.0 Å². The third-order valence-corrected chi connectivity index (χ3v) is 4.71. The van der Waals surface area contributed by atoms with E-state index in [0.717, 1.165) is 16.2 Å². The van der Waals surface area contributed by atoms with E-state index in [0.29, 0.717) is 17.1 Å². The zero-order chi connectivity index (χ0) is 17.6. The summed E-state index contributed by atoms with van der Waals surface area (Å²) in [5, 5.41) is 18.2. The van der Waals surface area contributed by atoms with Crippen molar-refractivity contribution in [3.8, 4) is 5.75 Å². The van der Waals surface area contributed by atoms with Gasteiger partial charge in [-0.3, -0.25) is 0 Å². The quantitative estimate of drug-likeness (QED) is 0.337. The number of thioether (sulfide) groups is 1. The molecule has 126 valence electrons. The van der Waals surface area contributed by atoms with Crippen LogP contribution in [-0.2, 0) is 5.75 Å². The van der Waals surface area contributed by atoms with Crippen molar-refractivity contribution in [2.24, 2.45) is 10.2 Å². The molecule has 0 atom stereocenters. The fourth-order valence-corrected chi connectivity index (χ4v) is 3.15. The first-order chi connectivity index (χ1) is 12.1. The van der Waals surface area contributed by atoms with E-state index < -0.39 is 0 Å². The number of nitrogens with two attached hydrogens (primary N) is 1. The van der Waals surface area contributed by atoms with Crippen molar-refractivity contribution in [2.45, 2.75) is 17.6 Å². The molecule has 0 radical (unpaired) electrons. The Morgan fingerprint density at radius 1 is 0.920 bits per heavy atom. The predicted octanol–water partition coefficient (Wildman–Crippen LogP) is 5.99. The van der Waals surface area contributed by atoms with Crippen molar-refractivity contribution in [2.75, 3.05) is 5.73 Å². The maximum absolute atomic E-state index is 9.86. The number of nitrogens with zero attached hydrogens (tertiary/aromatic N) is 2. The molecule has 5 heteroatoms. The van der Waals surface area contributed by atoms with E-state index in [-0.39, 0.29) is 5.75 Å². The van der Waals surface area contributed by atoms with E-state index in [1.807, 2.05) is 49.4 Å². The summed E-state index contributed by atoms with van der Waals surface area (Å²) >= 11 is 1.72. The topological polar surface area (TPSA) is 71.0 Å². The number of aryl methyl sites for hydroxylation is 1. The van der Waals surface area contributed by atoms with Crippen LogP contribution >= 0.6 is 11.8 Å². The first-order valence-electron chi connectivity index (χ1n) is 7.89. The van der Waals surface area contributed by atoms with Gasteiger partial charge >= 0.3 is 0 Å². The zero-order valence-electron chi connectivity index (χ0n) is 13.9. The fourth-order valence-electron chi connectivity index (χ4n) is 2.26. The second-order valence-electron chi connectivity index (χ2n) is 5.69. The van der Waals surface area contributed by atoms with Crippen LogP contribution in [0.25, 0.3) is 0 Å². The normalized spacial score (nSPS) is 11.1. The molecule has 3 N–H and O–H groups in total. The van der Waals surface area contributed by atoms with Gasteiger partial charge in [-0.1, -0.05) is 36.4 Å². The van der Waals surface area contributed by atoms with Gasteiger partial charge in [-0.25, -0.2) is 0 Å². The lowest BCUT2D eigenvalue weighted by molar-refractivity contribution is 0.476. The largest absolute Gasteiger partial charge is 0.506 e. The highest BCUT2D eigenvalue weighted by atomic mass is 32.2. The van der Waals surface area contributed by atoms with Crippen LogP contribution in [0.3, 0.4) is 0 Å². The third kappa shape index (κ3) is 4.61. The van der Waals surface area contributed by atoms with Crippen molar-refractivity contribution in [1.29, 1.82) is 0 Å². The number of azo groups is 1. The van der Waals surface area contributed by atoms with Crippen LogP contribution in [-0.4, -0.2) is 5.11 Å². The number of benzene rings is 3. The first-order valence-corrected chi connectivity index (χ1v) is 8.88. The van der Waals surface area contributed by atoms with E-state index in [1.54, 1.807) is 23.9 Å². The molecule has 25 heavy (non-hydrogen) atoms. The van der Waals surface area contributed by atoms with E-state index in [2.05, 4.69) is 22.4 Å². The Hall–Kier alpha value is -2.79. The molecule has 0 amide bonds. The number of hydrogen-bond donors (Lipinski definition) is 2. The highest BCUT2D eigenvalue weighted by molar-refractivity contribution is 7.98. The van der Waals surface area contributed by atoms with Crippen molar-refractivity contribution >= 4 is 28.8 Å². The average Bonchev–Trinajstić information content (AvgIpc) is 2.63. The Bertz CT molecular complexity index is 895. The van der Waals surface area contributed by atoms with Gasteiger partial charge in [0.1, 0.15) is 17.1 Å². The van der Waals surface area contributed by atoms with Gasteiger partial charge in [-0.05, 0) is 48.4 Å². The second-order valence-corrected chi connectivity index (χ2v) is 6.74. The Balaban J connectivity index is 1.77. The maximum Gasteiger partial charge on any atom is 0.143 e. The summed E-state index contributed by atoms with van der Waals surface area (Å²) in [6.07, 6.45) is 0. The zero-order valence-corrected chi connectivity index (χ0v) is 14.7. The molecule has 4 nitrogen and oxygen atoms in total. The molecule has 0 aromatic heterocycles. The molecule has 0 unspecified atom stereocenters. The lowest BCUT2D eigenvalue weighted by Gasteiger charge is -2.05. The number of aromatic hydroxyl groups is 1. The van der Waals surface area contributed by atoms with Crippen molar-refractivity contribution < 1.29 is 5.11 Å². The molecule has 0 aliphatic rings. The van der Waals surface area contributed by atoms with Crippen LogP contribution in [0.5, 0.6) is 5.75 Å². The van der Waals surface area contributed by atoms with E-state index in [1.165, 1.54) is 5.56 Å². The summed E-state index contributed by atoms with van der Waals surface area (Å²) in [4.78, 5) is 1.07. The second kappa shape index (κ2) is 7.85. The molecule has 0 bridgehead atoms. The molecule has 0 saturated heterocycles. The average molecular weight is 349 g/mol. The number of anilines is 1. The van der Waals surface area contributed by atoms with Gasteiger partial charge < -0.3 is 10.8 Å². The monoisotopic (exact) mass is 349 g/mol. The summed E-state index contributed by atoms with van der Waals surface area (Å²) in [6.45, 7) is 1.94. The van der Waals surface area contributed by atoms with Gasteiger partial charge in [0.25, 0.3) is 0 Å². The van der Waals surface area contributed by atoms with E-state index in [4.69, 9.17) is 5.73 Å². The number of hydrogen-bond acceptors (Lipinski definition) is 5. The molecule has 0 aliphatic carbocycles. The van der Waals surface area contributed by atoms with Crippen LogP contribution in [0.4, 0.5) is 17.1 Å². The standard InChI is InChI=1S/C20H19N3OS/c1-14-7-10-20(24)19(11-14)23-22-18-12-16(8-9-17(18)21)25-13-15-5-3-2-4-6-15/h2-12,24H,13,21H2,1H3. The minimum Gasteiger partial charge on any atom is -0.506 e. The summed E-state index contributed by atoms with van der Waals surface area (Å²) in [5.74, 6) is 0.975. The molecule has 3 aromatic rings. The SMILES string of the molecule is Cc1ccc(O)c(N=Nc2cc(SCc3ccccc3)ccc2N)c1. The molecule has 3 rings (SSSR count). The van der Waals surface area contributed by atoms with Crippen molar-refractivity contribution in [1.82, 2.24) is 0 Å². The molecular weight excluding hydrogens is 330 g/mol. The maximum atomic E-state index is 9.86. The van der Waals surface area contributed by atoms with Gasteiger partial charge in [-0.2, -0.15) is 0 Å². The van der Waals surface area contributed by atoms with Crippen LogP contribution in [0.15, 0.2) is 81.9 Å². The van der Waals surface area contributed by atoms with Crippen molar-refractivity contribution in [3.63, 3.8) is 0 Å². The summed E-state index contributed by atoms with van der Waals surface area (Å²) in [7, 11) is 0. The summed E-state index contributed by atoms with van der Waals surface area (Å²) in [6, 6.07) is 21.2. The Morgan fingerprint density at radius 3 is 2.48 bits per heavy atom. The molecule has 0 heterocycles. The molecular formula is C20H19N3OS. The van der Waals surface area contributed by atoms with Gasteiger partial charge in [0.2, 0.25) is 0 Å². The Morgan fingerprint density at radius 2 is 1.68 bits per heavy atom. The number of phenols is 1. The van der Waals surface area contributed by atoms with E-state index >= 15 is 0 Å². The summed E-state index contributed by atoms with van der Waals surface area (Å²) in [5.41, 5.74) is 9.85. The van der Waals surface area contributed by atoms with Gasteiger partial charge in [0.05, 0.1) is 5.69 Å². The smallest absolute Gasteiger partial charge is 0.143 e. The molecule has 0 spiro atoms. The highest BCUT2D eigenvalue weighted by Gasteiger charge is 2.04. The van der Waals surface area contributed by atoms with Crippen LogP contribution in [0.2, 0.25) is 0 Å². The lowest BCUT2D eigenvalue weighted by Crippen LogP contribution is -1.86. The van der Waals surface area contributed by atoms with Crippen LogP contribution < -0.4 is 5.73 Å². The summed E-state index contributed by atoms with van der Waals surface area (Å²) < 4.78 is 0. The number of rotatable bonds is 5. The van der Waals surface area contributed by atoms with E-state index in [9.17, 15) is 5.11 Å². The fraction of sp³-hybridized carbons (Fsp3) is 0.100. The molecule has 0 aliphatic heterocycles. The third-order valence-electron chi connectivity index (χ3n) is 3.65. The Labute approximate surface area is 151 Å². The highest BCUT2D eigenvalue weighted by Crippen LogP contribution is 2.33. The predicted molar refractivity (Wildman–Crippen MR) is 104 cm³/mol. The number of nitrogen functional groups attached to an aromatic ring is 1.